The number of aliphatic imine (C=N–C) groups is 1. The molecule has 1 aromatic heterocycles. The Labute approximate surface area is 190 Å². The first-order chi connectivity index (χ1) is 15.8. The predicted octanol–water partition coefficient (Wildman–Crippen LogP) is 2.82. The van der Waals surface area contributed by atoms with Crippen molar-refractivity contribution in [3.8, 4) is 0 Å². The second kappa shape index (κ2) is 9.11. The van der Waals surface area contributed by atoms with E-state index < -0.39 is 0 Å². The maximum absolute atomic E-state index is 12.0. The minimum absolute atomic E-state index is 0.476. The van der Waals surface area contributed by atoms with E-state index >= 15 is 0 Å². The first kappa shape index (κ1) is 20.7. The van der Waals surface area contributed by atoms with E-state index in [1.807, 2.05) is 54.0 Å². The van der Waals surface area contributed by atoms with Crippen LogP contribution < -0.4 is 20.7 Å². The molecule has 2 N–H and O–H groups in total. The van der Waals surface area contributed by atoms with Crippen LogP contribution in [-0.2, 0) is 0 Å². The minimum Gasteiger partial charge on any atom is -0.367 e. The summed E-state index contributed by atoms with van der Waals surface area (Å²) in [5.74, 6) is 1.22. The minimum atomic E-state index is 0.476. The van der Waals surface area contributed by atoms with Crippen molar-refractivity contribution in [2.24, 2.45) is 10.3 Å². The lowest BCUT2D eigenvalue weighted by atomic mass is 10.1. The molecule has 0 saturated carbocycles. The van der Waals surface area contributed by atoms with E-state index in [0.717, 1.165) is 59.5 Å². The van der Waals surface area contributed by atoms with Crippen LogP contribution >= 0.6 is 11.8 Å². The van der Waals surface area contributed by atoms with Crippen molar-refractivity contribution >= 4 is 34.5 Å². The Morgan fingerprint density at radius 3 is 2.75 bits per heavy atom. The highest BCUT2D eigenvalue weighted by Gasteiger charge is 2.28. The van der Waals surface area contributed by atoms with Crippen LogP contribution in [0.5, 0.6) is 0 Å². The van der Waals surface area contributed by atoms with Crippen LogP contribution in [0.4, 0.5) is 11.4 Å². The average Bonchev–Trinajstić information content (AvgIpc) is 3.29. The topological polar surface area (TPSA) is 88.5 Å². The van der Waals surface area contributed by atoms with E-state index in [9.17, 15) is 4.91 Å². The number of aromatic nitrogens is 1. The van der Waals surface area contributed by atoms with Gasteiger partial charge in [0.05, 0.1) is 21.7 Å². The average molecular weight is 449 g/mol. The quantitative estimate of drug-likeness (QED) is 0.410. The summed E-state index contributed by atoms with van der Waals surface area (Å²) in [6.07, 6.45) is 7.54. The van der Waals surface area contributed by atoms with Crippen LogP contribution in [-0.4, -0.2) is 54.8 Å². The molecule has 3 aliphatic rings. The summed E-state index contributed by atoms with van der Waals surface area (Å²) >= 11 is 1.61. The van der Waals surface area contributed by atoms with Crippen LogP contribution in [0.1, 0.15) is 5.56 Å². The summed E-state index contributed by atoms with van der Waals surface area (Å²) in [5, 5.41) is 10.9. The molecule has 3 aliphatic heterocycles. The maximum atomic E-state index is 12.0. The fourth-order valence-corrected chi connectivity index (χ4v) is 4.41. The van der Waals surface area contributed by atoms with Gasteiger partial charge in [0.2, 0.25) is 0 Å². The van der Waals surface area contributed by atoms with Crippen molar-refractivity contribution in [3.63, 3.8) is 0 Å². The lowest BCUT2D eigenvalue weighted by molar-refractivity contribution is 0.382. The number of hydrogen-bond donors (Lipinski definition) is 2. The van der Waals surface area contributed by atoms with Crippen LogP contribution in [0.15, 0.2) is 76.0 Å². The smallest absolute Gasteiger partial charge is 0.161 e. The largest absolute Gasteiger partial charge is 0.367 e. The number of hydrogen-bond acceptors (Lipinski definition) is 9. The number of benzene rings is 1. The summed E-state index contributed by atoms with van der Waals surface area (Å²) < 4.78 is 0. The summed E-state index contributed by atoms with van der Waals surface area (Å²) in [6.45, 7) is 4.19. The number of nitrogens with zero attached hydrogens (tertiary/aromatic N) is 6. The Bertz CT molecular complexity index is 1090. The molecule has 0 atom stereocenters. The summed E-state index contributed by atoms with van der Waals surface area (Å²) in [6, 6.07) is 11.9. The molecule has 9 nitrogen and oxygen atoms in total. The highest BCUT2D eigenvalue weighted by atomic mass is 32.2. The third-order valence-corrected chi connectivity index (χ3v) is 6.34. The lowest BCUT2D eigenvalue weighted by Crippen LogP contribution is -2.44. The van der Waals surface area contributed by atoms with E-state index in [4.69, 9.17) is 4.99 Å². The van der Waals surface area contributed by atoms with Crippen molar-refractivity contribution in [2.75, 3.05) is 48.9 Å². The number of nitrogens with one attached hydrogen (secondary N) is 2. The van der Waals surface area contributed by atoms with Crippen LogP contribution in [0.25, 0.3) is 5.57 Å². The zero-order chi connectivity index (χ0) is 21.9. The molecule has 4 heterocycles. The van der Waals surface area contributed by atoms with Crippen molar-refractivity contribution in [1.82, 2.24) is 20.7 Å². The van der Waals surface area contributed by atoms with Gasteiger partial charge in [0.1, 0.15) is 0 Å². The fraction of sp³-hybridized carbons (Fsp3) is 0.273. The number of pyridine rings is 1. The summed E-state index contributed by atoms with van der Waals surface area (Å²) in [5.41, 5.74) is 7.02. The monoisotopic (exact) mass is 448 g/mol. The molecule has 0 amide bonds. The van der Waals surface area contributed by atoms with E-state index in [2.05, 4.69) is 32.0 Å². The van der Waals surface area contributed by atoms with Gasteiger partial charge < -0.3 is 10.2 Å². The molecular weight excluding hydrogens is 424 g/mol. The molecule has 10 heteroatoms. The molecule has 32 heavy (non-hydrogen) atoms. The number of piperazine rings is 1. The molecule has 2 aromatic rings. The van der Waals surface area contributed by atoms with Gasteiger partial charge in [-0.05, 0) is 24.5 Å². The summed E-state index contributed by atoms with van der Waals surface area (Å²) in [7, 11) is 0. The van der Waals surface area contributed by atoms with Gasteiger partial charge in [0, 0.05) is 62.3 Å². The van der Waals surface area contributed by atoms with Gasteiger partial charge in [0.25, 0.3) is 0 Å². The third-order valence-electron chi connectivity index (χ3n) is 5.68. The van der Waals surface area contributed by atoms with E-state index in [1.54, 1.807) is 17.8 Å². The molecule has 0 bridgehead atoms. The Hall–Kier alpha value is -3.21. The zero-order valence-electron chi connectivity index (χ0n) is 17.7. The number of thioether (sulfide) groups is 1. The highest BCUT2D eigenvalue weighted by Crippen LogP contribution is 2.33. The van der Waals surface area contributed by atoms with Crippen molar-refractivity contribution in [1.29, 1.82) is 0 Å². The first-order valence-electron chi connectivity index (χ1n) is 10.5. The Kier molecular flexibility index (Phi) is 5.89. The Morgan fingerprint density at radius 2 is 2.00 bits per heavy atom. The fourth-order valence-electron chi connectivity index (χ4n) is 4.05. The molecule has 0 spiro atoms. The van der Waals surface area contributed by atoms with Gasteiger partial charge in [-0.25, -0.2) is 15.4 Å². The van der Waals surface area contributed by atoms with Crippen LogP contribution in [0.3, 0.4) is 0 Å². The SMILES string of the molecule is CSc1ccc(C2=C3N=C(N(N=O)c4ccccc4N4CCNCC4)C=CN3NC2)cn1. The highest BCUT2D eigenvalue weighted by molar-refractivity contribution is 7.98. The number of amidine groups is 1. The molecule has 0 aliphatic carbocycles. The normalized spacial score (nSPS) is 18.0. The molecule has 5 rings (SSSR count). The van der Waals surface area contributed by atoms with Gasteiger partial charge in [-0.3, -0.25) is 5.01 Å². The van der Waals surface area contributed by atoms with Gasteiger partial charge in [-0.1, -0.05) is 18.2 Å². The number of nitroso groups, excluding NO2 is 1. The Morgan fingerprint density at radius 1 is 1.16 bits per heavy atom. The van der Waals surface area contributed by atoms with Crippen molar-refractivity contribution in [3.05, 3.63) is 71.2 Å². The molecule has 164 valence electrons. The molecule has 1 aromatic carbocycles. The van der Waals surface area contributed by atoms with Crippen molar-refractivity contribution in [2.45, 2.75) is 5.03 Å². The molecule has 1 saturated heterocycles. The number of rotatable bonds is 5. The molecular formula is C22H24N8OS. The second-order valence-corrected chi connectivity index (χ2v) is 8.33. The molecule has 1 fully saturated rings. The Balaban J connectivity index is 1.51. The van der Waals surface area contributed by atoms with Crippen molar-refractivity contribution < 1.29 is 0 Å². The maximum Gasteiger partial charge on any atom is 0.161 e. The molecule has 0 radical (unpaired) electrons. The molecule has 0 unspecified atom stereocenters. The van der Waals surface area contributed by atoms with Crippen LogP contribution in [0, 0.1) is 4.91 Å². The van der Waals surface area contributed by atoms with Gasteiger partial charge in [-0.2, -0.15) is 5.01 Å². The summed E-state index contributed by atoms with van der Waals surface area (Å²) in [4.78, 5) is 23.6. The first-order valence-corrected chi connectivity index (χ1v) is 11.7. The number of anilines is 2. The second-order valence-electron chi connectivity index (χ2n) is 7.50. The van der Waals surface area contributed by atoms with Crippen LogP contribution in [0.2, 0.25) is 0 Å². The zero-order valence-corrected chi connectivity index (χ0v) is 18.5. The number of para-hydroxylation sites is 2. The van der Waals surface area contributed by atoms with E-state index in [1.165, 1.54) is 5.01 Å². The standard InChI is InChI=1S/C22H24N8OS/c1-32-21-7-6-16(14-24-21)17-15-25-29-11-8-20(26-22(17)29)30(27-31)19-5-3-2-4-18(19)28-12-9-23-10-13-28/h2-8,11,14,23,25H,9-10,12-13,15H2,1H3. The van der Waals surface area contributed by atoms with E-state index in [-0.39, 0.29) is 0 Å². The number of hydrazine groups is 1. The lowest BCUT2D eigenvalue weighted by Gasteiger charge is -2.32. The van der Waals surface area contributed by atoms with Gasteiger partial charge in [-0.15, -0.1) is 16.7 Å². The number of fused-ring (bicyclic) bond motifs is 1. The van der Waals surface area contributed by atoms with Gasteiger partial charge in [0.15, 0.2) is 11.7 Å². The predicted molar refractivity (Wildman–Crippen MR) is 129 cm³/mol. The van der Waals surface area contributed by atoms with Gasteiger partial charge >= 0.3 is 0 Å². The van der Waals surface area contributed by atoms with E-state index in [0.29, 0.717) is 12.4 Å². The third kappa shape index (κ3) is 3.88.